The minimum absolute atomic E-state index is 0. The first-order valence-corrected chi connectivity index (χ1v) is 4.08. The summed E-state index contributed by atoms with van der Waals surface area (Å²) >= 11 is 13.7. The predicted octanol–water partition coefficient (Wildman–Crippen LogP) is -28.5. The zero-order valence-corrected chi connectivity index (χ0v) is 43.1. The van der Waals surface area contributed by atoms with Gasteiger partial charge in [-0.05, 0) is 0 Å². The van der Waals surface area contributed by atoms with Gasteiger partial charge < -0.3 is 90.1 Å². The fourth-order valence-electron chi connectivity index (χ4n) is 0. The molecular weight excluding hydrogens is 617 g/mol. The molecule has 0 aromatic heterocycles. The summed E-state index contributed by atoms with van der Waals surface area (Å²) in [7, 11) is 0. The second kappa shape index (κ2) is 70.2. The van der Waals surface area contributed by atoms with Crippen LogP contribution in [-0.4, -0.2) is 21.2 Å². The van der Waals surface area contributed by atoms with Crippen LogP contribution in [0, 0.1) is 0 Å². The number of hydrogen-bond acceptors (Lipinski definition) is 12. The van der Waals surface area contributed by atoms with Crippen molar-refractivity contribution in [2.45, 2.75) is 0 Å². The molecule has 0 amide bonds. The van der Waals surface area contributed by atoms with Gasteiger partial charge in [0.15, 0.2) is 0 Å². The summed E-state index contributed by atoms with van der Waals surface area (Å²) in [6.45, 7) is 0. The van der Waals surface area contributed by atoms with Crippen LogP contribution in [0.4, 0.5) is 19.2 Å². The van der Waals surface area contributed by atoms with Crippen molar-refractivity contribution < 1.29 is 451 Å². The van der Waals surface area contributed by atoms with Crippen molar-refractivity contribution in [3.8, 4) is 0 Å². The summed E-state index contributed by atoms with van der Waals surface area (Å²) in [6.07, 6.45) is 0. The number of rotatable bonds is 0. The van der Waals surface area contributed by atoms with E-state index in [-0.39, 0.29) is 411 Å². The van der Waals surface area contributed by atoms with Crippen molar-refractivity contribution in [1.29, 1.82) is 0 Å². The minimum atomic E-state index is -1.50. The Morgan fingerprint density at radius 2 is 0.375 bits per heavy atom. The molecule has 0 aliphatic heterocycles. The Kier molecular flexibility index (Phi) is 224. The second-order valence-corrected chi connectivity index (χ2v) is 2.33. The number of hydrogen-bond donors (Lipinski definition) is 0. The van der Waals surface area contributed by atoms with E-state index in [4.69, 9.17) is 39.6 Å². The summed E-state index contributed by atoms with van der Waals surface area (Å²) in [5.41, 5.74) is 0. The normalized spacial score (nSPS) is 4.00. The molecule has 0 unspecified atom stereocenters. The summed E-state index contributed by atoms with van der Waals surface area (Å²) in [6, 6.07) is 0. The van der Waals surface area contributed by atoms with E-state index in [1.807, 2.05) is 0 Å². The van der Waals surface area contributed by atoms with Crippen LogP contribution in [-0.2, 0) is 50.5 Å². The Hall–Kier alpha value is 11.9. The maximum atomic E-state index is 8.70. The standard InChI is InChI=1S/4CH2O2S.8K/c4*2-1(3)4;;;;;;;;/h4*4H,(H,2,3);;;;;;;;/q;;;;8*+1/p-8. The molecule has 0 fully saturated rings. The van der Waals surface area contributed by atoms with Crippen molar-refractivity contribution in [3.05, 3.63) is 0 Å². The first kappa shape index (κ1) is 76.5. The van der Waals surface area contributed by atoms with Gasteiger partial charge in [0.25, 0.3) is 0 Å². The van der Waals surface area contributed by atoms with E-state index in [2.05, 4.69) is 50.5 Å². The van der Waals surface area contributed by atoms with Crippen LogP contribution < -0.4 is 432 Å². The fraction of sp³-hybridized carbons (Fsp3) is 0. The van der Waals surface area contributed by atoms with Crippen LogP contribution in [0.1, 0.15) is 0 Å². The van der Waals surface area contributed by atoms with E-state index >= 15 is 0 Å². The van der Waals surface area contributed by atoms with E-state index < -0.39 is 21.2 Å². The molecule has 8 nitrogen and oxygen atoms in total. The second-order valence-electron chi connectivity index (χ2n) is 1.00. The third kappa shape index (κ3) is 260. The van der Waals surface area contributed by atoms with Crippen LogP contribution in [0.15, 0.2) is 0 Å². The molecule has 0 N–H and O–H groups in total. The fourth-order valence-corrected chi connectivity index (χ4v) is 0. The van der Waals surface area contributed by atoms with Crippen molar-refractivity contribution in [2.24, 2.45) is 0 Å². The molecule has 0 spiro atoms. The van der Waals surface area contributed by atoms with E-state index in [1.54, 1.807) is 0 Å². The van der Waals surface area contributed by atoms with Crippen molar-refractivity contribution in [3.63, 3.8) is 0 Å². The quantitative estimate of drug-likeness (QED) is 0.187. The summed E-state index contributed by atoms with van der Waals surface area (Å²) in [5.74, 6) is 0. The molecule has 0 bridgehead atoms. The Morgan fingerprint density at radius 1 is 0.375 bits per heavy atom. The van der Waals surface area contributed by atoms with E-state index in [9.17, 15) is 0 Å². The summed E-state index contributed by atoms with van der Waals surface area (Å²) in [4.78, 5) is 34.8. The maximum Gasteiger partial charge on any atom is 1.00 e. The molecule has 0 rings (SSSR count). The Labute approximate surface area is 503 Å². The molecule has 0 atom stereocenters. The van der Waals surface area contributed by atoms with Gasteiger partial charge >= 0.3 is 411 Å². The zero-order chi connectivity index (χ0) is 14.3. The van der Waals surface area contributed by atoms with Gasteiger partial charge in [-0.2, -0.15) is 0 Å². The topological polar surface area (TPSA) is 161 Å². The molecule has 20 heteroatoms. The third-order valence-electron chi connectivity index (χ3n) is 0. The van der Waals surface area contributed by atoms with Crippen LogP contribution in [0.2, 0.25) is 0 Å². The smallest absolute Gasteiger partial charge is 0.764 e. The van der Waals surface area contributed by atoms with Crippen molar-refractivity contribution in [1.82, 2.24) is 0 Å². The van der Waals surface area contributed by atoms with Crippen molar-refractivity contribution >= 4 is 71.7 Å². The van der Waals surface area contributed by atoms with E-state index in [0.717, 1.165) is 0 Å². The summed E-state index contributed by atoms with van der Waals surface area (Å²) < 4.78 is 0. The number of carbonyl (C=O) groups excluding carboxylic acids is 4. The van der Waals surface area contributed by atoms with Crippen LogP contribution >= 0.6 is 0 Å². The van der Waals surface area contributed by atoms with Crippen LogP contribution in [0.3, 0.4) is 0 Å². The minimum Gasteiger partial charge on any atom is -0.764 e. The average Bonchev–Trinajstić information content (AvgIpc) is 1.76. The molecular formula is C4K8O8S4. The van der Waals surface area contributed by atoms with Crippen LogP contribution in [0.5, 0.6) is 0 Å². The van der Waals surface area contributed by atoms with Gasteiger partial charge in [0.2, 0.25) is 0 Å². The molecule has 0 heterocycles. The predicted molar refractivity (Wildman–Crippen MR) is 51.0 cm³/mol. The number of carbonyl (C=O) groups is 4. The van der Waals surface area contributed by atoms with Gasteiger partial charge in [-0.15, -0.1) is 0 Å². The first-order valence-electron chi connectivity index (χ1n) is 2.45. The van der Waals surface area contributed by atoms with E-state index in [0.29, 0.717) is 0 Å². The van der Waals surface area contributed by atoms with Crippen LogP contribution in [0.25, 0.3) is 0 Å². The molecule has 0 aromatic carbocycles. The Morgan fingerprint density at radius 3 is 0.375 bits per heavy atom. The van der Waals surface area contributed by atoms with Gasteiger partial charge in [0, 0.05) is 0 Å². The van der Waals surface area contributed by atoms with Gasteiger partial charge in [-0.25, -0.2) is 0 Å². The Bertz CT molecular complexity index is 186. The molecule has 24 heavy (non-hydrogen) atoms. The number of carboxylic acid groups (broad SMARTS) is 4. The van der Waals surface area contributed by atoms with Crippen molar-refractivity contribution in [2.75, 3.05) is 0 Å². The van der Waals surface area contributed by atoms with E-state index in [1.165, 1.54) is 0 Å². The Balaban J connectivity index is -0.00000000720. The first-order chi connectivity index (χ1) is 6.93. The molecule has 96 valence electrons. The van der Waals surface area contributed by atoms with Gasteiger partial charge in [-0.1, -0.05) is 21.2 Å². The SMILES string of the molecule is O=C([O-])[S-].O=C([O-])[S-].O=C([O-])[S-].O=C([O-])[S-].[K+].[K+].[K+].[K+].[K+].[K+].[K+].[K+]. The largest absolute Gasteiger partial charge is 1.00 e. The molecule has 0 radical (unpaired) electrons. The molecule has 0 saturated carbocycles. The average molecular weight is 617 g/mol. The molecule has 0 aliphatic carbocycles. The molecule has 0 aromatic rings. The molecule has 0 aliphatic rings. The van der Waals surface area contributed by atoms with Gasteiger partial charge in [-0.3, -0.25) is 0 Å². The van der Waals surface area contributed by atoms with Gasteiger partial charge in [0.1, 0.15) is 0 Å². The zero-order valence-electron chi connectivity index (χ0n) is 14.9. The van der Waals surface area contributed by atoms with Gasteiger partial charge in [0.05, 0.1) is 0 Å². The third-order valence-corrected chi connectivity index (χ3v) is 0. The monoisotopic (exact) mass is 616 g/mol. The summed E-state index contributed by atoms with van der Waals surface area (Å²) in [5, 5.41) is 28.8. The molecule has 0 saturated heterocycles. The maximum absolute atomic E-state index is 8.70.